The van der Waals surface area contributed by atoms with Crippen molar-refractivity contribution in [1.82, 2.24) is 10.2 Å². The summed E-state index contributed by atoms with van der Waals surface area (Å²) >= 11 is 0. The third-order valence-electron chi connectivity index (χ3n) is 3.70. The van der Waals surface area contributed by atoms with Crippen LogP contribution in [-0.4, -0.2) is 60.9 Å². The molecule has 2 unspecified atom stereocenters. The lowest BCUT2D eigenvalue weighted by Crippen LogP contribution is -2.57. The first-order valence-electron chi connectivity index (χ1n) is 6.29. The summed E-state index contributed by atoms with van der Waals surface area (Å²) in [4.78, 5) is 14.1. The Bertz CT molecular complexity index is 287. The molecule has 17 heavy (non-hydrogen) atoms. The number of ether oxygens (including phenoxy) is 1. The van der Waals surface area contributed by atoms with Crippen molar-refractivity contribution < 1.29 is 14.6 Å². The van der Waals surface area contributed by atoms with E-state index in [0.717, 1.165) is 6.54 Å². The van der Waals surface area contributed by atoms with Gasteiger partial charge >= 0.3 is 0 Å². The fourth-order valence-corrected chi connectivity index (χ4v) is 2.48. The zero-order chi connectivity index (χ0) is 12.5. The highest BCUT2D eigenvalue weighted by molar-refractivity contribution is 5.82. The number of aliphatic hydroxyl groups is 1. The van der Waals surface area contributed by atoms with E-state index in [9.17, 15) is 9.90 Å². The van der Waals surface area contributed by atoms with Gasteiger partial charge in [0, 0.05) is 25.0 Å². The second kappa shape index (κ2) is 4.92. The van der Waals surface area contributed by atoms with Gasteiger partial charge in [-0.05, 0) is 6.42 Å². The number of rotatable bonds is 1. The van der Waals surface area contributed by atoms with Crippen LogP contribution in [0.15, 0.2) is 0 Å². The second-order valence-corrected chi connectivity index (χ2v) is 5.63. The monoisotopic (exact) mass is 242 g/mol. The minimum atomic E-state index is -0.317. The van der Waals surface area contributed by atoms with Crippen LogP contribution in [0.4, 0.5) is 0 Å². The number of carbonyl (C=O) groups excluding carboxylic acids is 1. The Morgan fingerprint density at radius 1 is 1.53 bits per heavy atom. The summed E-state index contributed by atoms with van der Waals surface area (Å²) < 4.78 is 5.31. The Morgan fingerprint density at radius 3 is 2.88 bits per heavy atom. The predicted octanol–water partition coefficient (Wildman–Crippen LogP) is -0.406. The van der Waals surface area contributed by atoms with Crippen molar-refractivity contribution in [3.05, 3.63) is 0 Å². The first-order chi connectivity index (χ1) is 8.00. The molecule has 5 nitrogen and oxygen atoms in total. The van der Waals surface area contributed by atoms with Crippen LogP contribution in [0, 0.1) is 5.41 Å². The number of morpholine rings is 1. The third kappa shape index (κ3) is 2.78. The summed E-state index contributed by atoms with van der Waals surface area (Å²) in [6.45, 7) is 7.12. The maximum absolute atomic E-state index is 12.2. The van der Waals surface area contributed by atoms with Crippen molar-refractivity contribution >= 4 is 5.91 Å². The Hall–Kier alpha value is -0.650. The van der Waals surface area contributed by atoms with Crippen LogP contribution >= 0.6 is 0 Å². The van der Waals surface area contributed by atoms with E-state index >= 15 is 0 Å². The Balaban J connectivity index is 1.95. The predicted molar refractivity (Wildman–Crippen MR) is 63.6 cm³/mol. The van der Waals surface area contributed by atoms with Crippen molar-refractivity contribution in [1.29, 1.82) is 0 Å². The van der Waals surface area contributed by atoms with Crippen LogP contribution in [-0.2, 0) is 9.53 Å². The molecule has 1 amide bonds. The Morgan fingerprint density at radius 2 is 2.29 bits per heavy atom. The zero-order valence-corrected chi connectivity index (χ0v) is 10.6. The number of nitrogens with one attached hydrogen (secondary N) is 1. The molecule has 2 aliphatic rings. The van der Waals surface area contributed by atoms with E-state index in [4.69, 9.17) is 4.74 Å². The molecule has 0 radical (unpaired) electrons. The molecule has 2 atom stereocenters. The molecule has 0 saturated carbocycles. The van der Waals surface area contributed by atoms with E-state index in [1.54, 1.807) is 0 Å². The highest BCUT2D eigenvalue weighted by Gasteiger charge is 2.38. The minimum absolute atomic E-state index is 0.102. The summed E-state index contributed by atoms with van der Waals surface area (Å²) in [5, 5.41) is 13.0. The average molecular weight is 242 g/mol. The van der Waals surface area contributed by atoms with Crippen molar-refractivity contribution in [3.8, 4) is 0 Å². The average Bonchev–Trinajstić information content (AvgIpc) is 2.33. The highest BCUT2D eigenvalue weighted by atomic mass is 16.5. The molecule has 2 rings (SSSR count). The molecule has 0 aromatic heterocycles. The van der Waals surface area contributed by atoms with Gasteiger partial charge in [-0.25, -0.2) is 0 Å². The third-order valence-corrected chi connectivity index (χ3v) is 3.70. The van der Waals surface area contributed by atoms with E-state index in [1.807, 2.05) is 18.7 Å². The van der Waals surface area contributed by atoms with Gasteiger partial charge in [-0.15, -0.1) is 0 Å². The van der Waals surface area contributed by atoms with Crippen molar-refractivity contribution in [3.63, 3.8) is 0 Å². The molecule has 0 aromatic carbocycles. The van der Waals surface area contributed by atoms with Gasteiger partial charge in [0.25, 0.3) is 0 Å². The number of hydrogen-bond acceptors (Lipinski definition) is 4. The molecule has 5 heteroatoms. The van der Waals surface area contributed by atoms with Gasteiger partial charge < -0.3 is 20.1 Å². The van der Waals surface area contributed by atoms with Gasteiger partial charge in [0.15, 0.2) is 0 Å². The summed E-state index contributed by atoms with van der Waals surface area (Å²) in [7, 11) is 0. The molecule has 2 aliphatic heterocycles. The smallest absolute Gasteiger partial charge is 0.242 e. The van der Waals surface area contributed by atoms with Crippen LogP contribution in [0.1, 0.15) is 20.3 Å². The molecule has 2 fully saturated rings. The Labute approximate surface area is 102 Å². The number of amides is 1. The molecular weight excluding hydrogens is 220 g/mol. The van der Waals surface area contributed by atoms with E-state index in [0.29, 0.717) is 32.7 Å². The van der Waals surface area contributed by atoms with Gasteiger partial charge in [-0.3, -0.25) is 4.79 Å². The fraction of sp³-hybridized carbons (Fsp3) is 0.917. The summed E-state index contributed by atoms with van der Waals surface area (Å²) in [6.07, 6.45) is 0.342. The fourth-order valence-electron chi connectivity index (χ4n) is 2.48. The minimum Gasteiger partial charge on any atom is -0.392 e. The molecule has 0 spiro atoms. The van der Waals surface area contributed by atoms with E-state index in [-0.39, 0.29) is 23.5 Å². The van der Waals surface area contributed by atoms with E-state index in [1.165, 1.54) is 0 Å². The first-order valence-corrected chi connectivity index (χ1v) is 6.29. The maximum Gasteiger partial charge on any atom is 0.242 e. The molecule has 2 saturated heterocycles. The molecule has 2 heterocycles. The van der Waals surface area contributed by atoms with E-state index in [2.05, 4.69) is 5.32 Å². The molecular formula is C12H22N2O3. The van der Waals surface area contributed by atoms with Crippen molar-refractivity contribution in [2.24, 2.45) is 5.41 Å². The zero-order valence-electron chi connectivity index (χ0n) is 10.6. The van der Waals surface area contributed by atoms with Gasteiger partial charge in [-0.2, -0.15) is 0 Å². The molecule has 0 aliphatic carbocycles. The van der Waals surface area contributed by atoms with Crippen LogP contribution < -0.4 is 5.32 Å². The topological polar surface area (TPSA) is 61.8 Å². The SMILES string of the molecule is CC1(C)CN(C(=O)C2COCCN2)CCC1O. The highest BCUT2D eigenvalue weighted by Crippen LogP contribution is 2.29. The standard InChI is InChI=1S/C12H22N2O3/c1-12(2)8-14(5-3-10(12)15)11(16)9-7-17-6-4-13-9/h9-10,13,15H,3-8H2,1-2H3. The van der Waals surface area contributed by atoms with Crippen LogP contribution in [0.5, 0.6) is 0 Å². The summed E-state index contributed by atoms with van der Waals surface area (Å²) in [6, 6.07) is -0.213. The second-order valence-electron chi connectivity index (χ2n) is 5.63. The quantitative estimate of drug-likeness (QED) is 0.656. The molecule has 2 N–H and O–H groups in total. The maximum atomic E-state index is 12.2. The normalized spacial score (nSPS) is 33.5. The number of aliphatic hydroxyl groups excluding tert-OH is 1. The molecule has 0 aromatic rings. The van der Waals surface area contributed by atoms with Gasteiger partial charge in [0.05, 0.1) is 19.3 Å². The van der Waals surface area contributed by atoms with Gasteiger partial charge in [0.1, 0.15) is 6.04 Å². The van der Waals surface area contributed by atoms with Gasteiger partial charge in [0.2, 0.25) is 5.91 Å². The lowest BCUT2D eigenvalue weighted by atomic mass is 9.81. The molecule has 98 valence electrons. The number of nitrogens with zero attached hydrogens (tertiary/aromatic N) is 1. The molecule has 0 bridgehead atoms. The largest absolute Gasteiger partial charge is 0.392 e. The van der Waals surface area contributed by atoms with Crippen LogP contribution in [0.2, 0.25) is 0 Å². The number of piperidine rings is 1. The first kappa shape index (κ1) is 12.8. The summed E-state index contributed by atoms with van der Waals surface area (Å²) in [5.74, 6) is 0.102. The number of carbonyl (C=O) groups is 1. The lowest BCUT2D eigenvalue weighted by molar-refractivity contribution is -0.142. The number of likely N-dealkylation sites (tertiary alicyclic amines) is 1. The lowest BCUT2D eigenvalue weighted by Gasteiger charge is -2.43. The van der Waals surface area contributed by atoms with E-state index < -0.39 is 0 Å². The van der Waals surface area contributed by atoms with Gasteiger partial charge in [-0.1, -0.05) is 13.8 Å². The Kier molecular flexibility index (Phi) is 3.70. The van der Waals surface area contributed by atoms with Crippen molar-refractivity contribution in [2.45, 2.75) is 32.4 Å². The van der Waals surface area contributed by atoms with Crippen molar-refractivity contribution in [2.75, 3.05) is 32.8 Å². The number of hydrogen-bond donors (Lipinski definition) is 2. The van der Waals surface area contributed by atoms with Crippen LogP contribution in [0.25, 0.3) is 0 Å². The van der Waals surface area contributed by atoms with Crippen LogP contribution in [0.3, 0.4) is 0 Å². The summed E-state index contributed by atoms with van der Waals surface area (Å²) in [5.41, 5.74) is -0.219.